The first-order valence-corrected chi connectivity index (χ1v) is 14.7. The molecule has 8 nitrogen and oxygen atoms in total. The van der Waals surface area contributed by atoms with Crippen LogP contribution in [0.25, 0.3) is 17.3 Å². The molecule has 0 radical (unpaired) electrons. The standard InChI is InChI=1S/C28H29F2N5O3S/c1-15(39(5,36)37)21-14-38-26(33-21)20-12-31-13-23(32-20)28-10-9-17(27(28,2)3)16-11-22(35(4)34-25(16)28)24-18(29)7-6-8-19(24)30/h6-8,11-15,17,34H,9-10H2,1-5H3/t15-,17+,28+/m1/s1. The van der Waals surface area contributed by atoms with Crippen molar-refractivity contribution in [1.29, 1.82) is 0 Å². The van der Waals surface area contributed by atoms with Gasteiger partial charge < -0.3 is 9.84 Å². The molecule has 1 saturated carbocycles. The third kappa shape index (κ3) is 3.58. The maximum absolute atomic E-state index is 14.7. The lowest BCUT2D eigenvalue weighted by molar-refractivity contribution is 0.204. The molecule has 1 N–H and O–H groups in total. The summed E-state index contributed by atoms with van der Waals surface area (Å²) in [5.74, 6) is -0.917. The fourth-order valence-corrected chi connectivity index (χ4v) is 7.16. The second kappa shape index (κ2) is 8.45. The van der Waals surface area contributed by atoms with Crippen molar-refractivity contribution in [2.75, 3.05) is 13.3 Å². The maximum atomic E-state index is 14.7. The Morgan fingerprint density at radius 3 is 2.59 bits per heavy atom. The molecule has 1 aliphatic heterocycles. The lowest BCUT2D eigenvalue weighted by Gasteiger charge is -2.42. The number of aromatic nitrogens is 3. The van der Waals surface area contributed by atoms with Gasteiger partial charge in [0.15, 0.2) is 9.84 Å². The summed E-state index contributed by atoms with van der Waals surface area (Å²) in [6.45, 7) is 5.94. The zero-order valence-electron chi connectivity index (χ0n) is 22.3. The summed E-state index contributed by atoms with van der Waals surface area (Å²) in [5.41, 5.74) is 6.34. The quantitative estimate of drug-likeness (QED) is 0.474. The summed E-state index contributed by atoms with van der Waals surface area (Å²) in [5, 5.41) is 0.840. The molecule has 0 unspecified atom stereocenters. The van der Waals surface area contributed by atoms with Crippen LogP contribution in [0.1, 0.15) is 55.8 Å². The lowest BCUT2D eigenvalue weighted by Crippen LogP contribution is -2.47. The molecule has 3 atom stereocenters. The molecule has 3 heterocycles. The van der Waals surface area contributed by atoms with Gasteiger partial charge >= 0.3 is 0 Å². The van der Waals surface area contributed by atoms with Gasteiger partial charge in [0, 0.05) is 25.2 Å². The Morgan fingerprint density at radius 2 is 1.90 bits per heavy atom. The molecule has 2 aromatic heterocycles. The van der Waals surface area contributed by atoms with E-state index in [1.807, 2.05) is 6.08 Å². The van der Waals surface area contributed by atoms with Gasteiger partial charge in [0.1, 0.15) is 28.8 Å². The van der Waals surface area contributed by atoms with Crippen LogP contribution in [0.3, 0.4) is 0 Å². The highest BCUT2D eigenvalue weighted by Crippen LogP contribution is 2.68. The highest BCUT2D eigenvalue weighted by molar-refractivity contribution is 7.90. The van der Waals surface area contributed by atoms with E-state index in [4.69, 9.17) is 9.40 Å². The van der Waals surface area contributed by atoms with Crippen LogP contribution in [0.5, 0.6) is 0 Å². The van der Waals surface area contributed by atoms with Gasteiger partial charge in [-0.3, -0.25) is 9.99 Å². The number of oxazole rings is 1. The molecule has 2 aliphatic carbocycles. The van der Waals surface area contributed by atoms with Crippen LogP contribution in [0.4, 0.5) is 8.78 Å². The Balaban J connectivity index is 1.46. The van der Waals surface area contributed by atoms with Crippen molar-refractivity contribution in [1.82, 2.24) is 25.4 Å². The van der Waals surface area contributed by atoms with Crippen LogP contribution in [0.2, 0.25) is 0 Å². The van der Waals surface area contributed by atoms with Crippen molar-refractivity contribution in [3.8, 4) is 11.6 Å². The van der Waals surface area contributed by atoms with Crippen molar-refractivity contribution >= 4 is 15.5 Å². The van der Waals surface area contributed by atoms with Crippen LogP contribution >= 0.6 is 0 Å². The van der Waals surface area contributed by atoms with Gasteiger partial charge in [0.2, 0.25) is 5.89 Å². The van der Waals surface area contributed by atoms with Crippen molar-refractivity contribution in [3.63, 3.8) is 0 Å². The summed E-state index contributed by atoms with van der Waals surface area (Å²) in [7, 11) is -1.60. The first-order chi connectivity index (χ1) is 18.4. The normalized spacial score (nSPS) is 24.4. The Bertz CT molecular complexity index is 1660. The molecule has 0 spiro atoms. The van der Waals surface area contributed by atoms with E-state index >= 15 is 0 Å². The smallest absolute Gasteiger partial charge is 0.246 e. The number of benzene rings is 1. The van der Waals surface area contributed by atoms with E-state index in [9.17, 15) is 17.2 Å². The Kier molecular flexibility index (Phi) is 5.56. The number of hydrogen-bond donors (Lipinski definition) is 1. The van der Waals surface area contributed by atoms with Gasteiger partial charge in [0.05, 0.1) is 34.3 Å². The molecule has 6 rings (SSSR count). The number of hydrazine groups is 1. The van der Waals surface area contributed by atoms with Crippen molar-refractivity contribution in [2.24, 2.45) is 11.3 Å². The summed E-state index contributed by atoms with van der Waals surface area (Å²) >= 11 is 0. The van der Waals surface area contributed by atoms with Gasteiger partial charge in [-0.15, -0.1) is 0 Å². The summed E-state index contributed by atoms with van der Waals surface area (Å²) in [4.78, 5) is 13.8. The molecule has 204 valence electrons. The van der Waals surface area contributed by atoms with Crippen LogP contribution in [-0.2, 0) is 15.3 Å². The zero-order valence-corrected chi connectivity index (χ0v) is 23.1. The van der Waals surface area contributed by atoms with Gasteiger partial charge in [-0.1, -0.05) is 19.9 Å². The van der Waals surface area contributed by atoms with E-state index in [1.54, 1.807) is 31.4 Å². The highest BCUT2D eigenvalue weighted by atomic mass is 32.2. The van der Waals surface area contributed by atoms with Crippen LogP contribution < -0.4 is 5.43 Å². The van der Waals surface area contributed by atoms with Gasteiger partial charge in [-0.05, 0) is 54.9 Å². The minimum Gasteiger partial charge on any atom is -0.443 e. The maximum Gasteiger partial charge on any atom is 0.246 e. The van der Waals surface area contributed by atoms with Crippen molar-refractivity contribution in [3.05, 3.63) is 82.8 Å². The van der Waals surface area contributed by atoms with Gasteiger partial charge in [-0.25, -0.2) is 27.2 Å². The van der Waals surface area contributed by atoms with E-state index in [1.165, 1.54) is 24.5 Å². The molecule has 11 heteroatoms. The van der Waals surface area contributed by atoms with Crippen LogP contribution in [0, 0.1) is 23.0 Å². The summed E-state index contributed by atoms with van der Waals surface area (Å²) in [6, 6.07) is 3.87. The number of rotatable bonds is 5. The minimum atomic E-state index is -3.35. The Hall–Kier alpha value is -3.60. The molecule has 0 amide bonds. The molecular formula is C28H29F2N5O3S. The van der Waals surface area contributed by atoms with E-state index < -0.39 is 32.1 Å². The summed E-state index contributed by atoms with van der Waals surface area (Å²) in [6.07, 6.45) is 9.36. The fraction of sp³-hybridized carbons (Fsp3) is 0.393. The number of fused-ring (bicyclic) bond motifs is 4. The second-order valence-corrected chi connectivity index (χ2v) is 13.6. The largest absolute Gasteiger partial charge is 0.443 e. The Labute approximate surface area is 225 Å². The first-order valence-electron chi connectivity index (χ1n) is 12.7. The van der Waals surface area contributed by atoms with Crippen molar-refractivity contribution < 1.29 is 21.6 Å². The number of halogens is 2. The molecule has 2 bridgehead atoms. The number of sulfone groups is 1. The van der Waals surface area contributed by atoms with Crippen LogP contribution in [-0.4, -0.2) is 41.7 Å². The number of nitrogens with one attached hydrogen (secondary N) is 1. The number of nitrogens with zero attached hydrogens (tertiary/aromatic N) is 4. The van der Waals surface area contributed by atoms with Gasteiger partial charge in [0.25, 0.3) is 0 Å². The van der Waals surface area contributed by atoms with E-state index in [-0.39, 0.29) is 22.8 Å². The predicted molar refractivity (Wildman–Crippen MR) is 141 cm³/mol. The van der Waals surface area contributed by atoms with E-state index in [2.05, 4.69) is 29.2 Å². The van der Waals surface area contributed by atoms with E-state index in [0.717, 1.165) is 36.1 Å². The average molecular weight is 554 g/mol. The van der Waals surface area contributed by atoms with Crippen LogP contribution in [0.15, 0.2) is 58.6 Å². The lowest BCUT2D eigenvalue weighted by atomic mass is 9.66. The van der Waals surface area contributed by atoms with E-state index in [0.29, 0.717) is 17.1 Å². The zero-order chi connectivity index (χ0) is 27.9. The molecule has 39 heavy (non-hydrogen) atoms. The fourth-order valence-electron chi connectivity index (χ4n) is 6.61. The highest BCUT2D eigenvalue weighted by Gasteiger charge is 2.65. The topological polar surface area (TPSA) is 101 Å². The number of hydrogen-bond acceptors (Lipinski definition) is 8. The monoisotopic (exact) mass is 553 g/mol. The number of allylic oxidation sites excluding steroid dienone is 3. The molecule has 3 aliphatic rings. The first kappa shape index (κ1) is 25.7. The molecule has 3 aromatic rings. The SMILES string of the molecule is C[C@H](c1coc(-c2cncc([C@@]34CC[C@@H](C5=C3NN(C)C(c3c(F)cccc3F)=C5)C4(C)C)n2)n1)S(C)(=O)=O. The molecule has 0 saturated heterocycles. The minimum absolute atomic E-state index is 0.0708. The third-order valence-electron chi connectivity index (χ3n) is 8.89. The molecule has 1 fully saturated rings. The third-order valence-corrected chi connectivity index (χ3v) is 10.4. The van der Waals surface area contributed by atoms with Gasteiger partial charge in [-0.2, -0.15) is 0 Å². The Morgan fingerprint density at radius 1 is 1.18 bits per heavy atom. The van der Waals surface area contributed by atoms with Crippen molar-refractivity contribution in [2.45, 2.75) is 44.3 Å². The summed E-state index contributed by atoms with van der Waals surface area (Å²) < 4.78 is 59.1. The predicted octanol–water partition coefficient (Wildman–Crippen LogP) is 4.95. The second-order valence-electron chi connectivity index (χ2n) is 11.2. The molecule has 1 aromatic carbocycles. The molecular weight excluding hydrogens is 524 g/mol. The average Bonchev–Trinajstić information content (AvgIpc) is 3.51.